The predicted octanol–water partition coefficient (Wildman–Crippen LogP) is 3.36. The Morgan fingerprint density at radius 3 is 2.42 bits per heavy atom. The molecule has 146 valence electrons. The van der Waals surface area contributed by atoms with Gasteiger partial charge in [0, 0.05) is 19.0 Å². The number of aliphatic carboxylic acids is 1. The van der Waals surface area contributed by atoms with E-state index in [0.29, 0.717) is 19.4 Å². The molecule has 0 heterocycles. The molecule has 0 saturated carbocycles. The van der Waals surface area contributed by atoms with E-state index in [2.05, 4.69) is 10.6 Å². The van der Waals surface area contributed by atoms with Crippen LogP contribution in [0.1, 0.15) is 52.0 Å². The second-order valence-corrected chi connectivity index (χ2v) is 7.44. The highest BCUT2D eigenvalue weighted by molar-refractivity contribution is 5.68. The molecule has 0 bridgehead atoms. The van der Waals surface area contributed by atoms with E-state index < -0.39 is 17.7 Å². The van der Waals surface area contributed by atoms with Crippen molar-refractivity contribution in [2.24, 2.45) is 0 Å². The number of ether oxygens (including phenoxy) is 1. The monoisotopic (exact) mass is 364 g/mol. The first kappa shape index (κ1) is 22.0. The average molecular weight is 364 g/mol. The van der Waals surface area contributed by atoms with E-state index in [1.165, 1.54) is 0 Å². The third-order valence-electron chi connectivity index (χ3n) is 3.68. The highest BCUT2D eigenvalue weighted by atomic mass is 16.6. The second kappa shape index (κ2) is 11.5. The Balaban J connectivity index is 2.42. The molecule has 0 aromatic heterocycles. The molecule has 3 N–H and O–H groups in total. The van der Waals surface area contributed by atoms with Crippen LogP contribution in [0.5, 0.6) is 0 Å². The Morgan fingerprint density at radius 2 is 1.81 bits per heavy atom. The first-order valence-corrected chi connectivity index (χ1v) is 9.22. The van der Waals surface area contributed by atoms with Crippen molar-refractivity contribution >= 4 is 12.1 Å². The first-order valence-electron chi connectivity index (χ1n) is 9.22. The molecule has 1 rings (SSSR count). The Hall–Kier alpha value is -2.08. The third kappa shape index (κ3) is 11.5. The maximum absolute atomic E-state index is 12.1. The standard InChI is InChI=1S/C20H32N2O4/c1-20(2,3)26-19(25)22-17(14-16-10-6-4-7-11-16)15-21-13-9-5-8-12-18(23)24/h4,6-7,10-11,17,21H,5,8-9,12-15H2,1-3H3,(H,22,25)(H,23,24)/t17-/m0/s1. The summed E-state index contributed by atoms with van der Waals surface area (Å²) in [5.74, 6) is -0.748. The van der Waals surface area contributed by atoms with Crippen molar-refractivity contribution in [2.75, 3.05) is 13.1 Å². The third-order valence-corrected chi connectivity index (χ3v) is 3.68. The van der Waals surface area contributed by atoms with E-state index in [1.807, 2.05) is 51.1 Å². The zero-order valence-corrected chi connectivity index (χ0v) is 16.1. The van der Waals surface area contributed by atoms with Gasteiger partial charge in [-0.15, -0.1) is 0 Å². The van der Waals surface area contributed by atoms with E-state index in [0.717, 1.165) is 24.9 Å². The fraction of sp³-hybridized carbons (Fsp3) is 0.600. The molecular weight excluding hydrogens is 332 g/mol. The van der Waals surface area contributed by atoms with Crippen molar-refractivity contribution < 1.29 is 19.4 Å². The number of rotatable bonds is 11. The summed E-state index contributed by atoms with van der Waals surface area (Å²) < 4.78 is 5.35. The van der Waals surface area contributed by atoms with Gasteiger partial charge in [-0.2, -0.15) is 0 Å². The topological polar surface area (TPSA) is 87.7 Å². The molecule has 0 spiro atoms. The highest BCUT2D eigenvalue weighted by Crippen LogP contribution is 2.08. The van der Waals surface area contributed by atoms with Crippen LogP contribution in [0.4, 0.5) is 4.79 Å². The minimum atomic E-state index is -0.748. The molecule has 0 fully saturated rings. The Kier molecular flexibility index (Phi) is 9.73. The van der Waals surface area contributed by atoms with Crippen LogP contribution in [0.3, 0.4) is 0 Å². The van der Waals surface area contributed by atoms with Crippen molar-refractivity contribution in [2.45, 2.75) is 64.5 Å². The molecule has 0 aliphatic rings. The minimum absolute atomic E-state index is 0.0775. The fourth-order valence-electron chi connectivity index (χ4n) is 2.53. The molecular formula is C20H32N2O4. The lowest BCUT2D eigenvalue weighted by Gasteiger charge is -2.24. The number of benzene rings is 1. The molecule has 0 radical (unpaired) electrons. The molecule has 0 aliphatic carbocycles. The van der Waals surface area contributed by atoms with Gasteiger partial charge in [-0.3, -0.25) is 4.79 Å². The van der Waals surface area contributed by atoms with Crippen molar-refractivity contribution in [1.29, 1.82) is 0 Å². The van der Waals surface area contributed by atoms with Gasteiger partial charge in [0.15, 0.2) is 0 Å². The summed E-state index contributed by atoms with van der Waals surface area (Å²) >= 11 is 0. The minimum Gasteiger partial charge on any atom is -0.481 e. The molecule has 1 atom stereocenters. The van der Waals surface area contributed by atoms with Crippen LogP contribution in [0.25, 0.3) is 0 Å². The molecule has 6 heteroatoms. The molecule has 0 unspecified atom stereocenters. The van der Waals surface area contributed by atoms with Gasteiger partial charge in [0.2, 0.25) is 0 Å². The largest absolute Gasteiger partial charge is 0.481 e. The van der Waals surface area contributed by atoms with Crippen LogP contribution in [0, 0.1) is 0 Å². The van der Waals surface area contributed by atoms with E-state index in [-0.39, 0.29) is 12.5 Å². The van der Waals surface area contributed by atoms with Crippen LogP contribution < -0.4 is 10.6 Å². The summed E-state index contributed by atoms with van der Waals surface area (Å²) in [6.45, 7) is 6.95. The quantitative estimate of drug-likeness (QED) is 0.524. The Bertz CT molecular complexity index is 540. The van der Waals surface area contributed by atoms with E-state index in [9.17, 15) is 9.59 Å². The van der Waals surface area contributed by atoms with E-state index >= 15 is 0 Å². The fourth-order valence-corrected chi connectivity index (χ4v) is 2.53. The van der Waals surface area contributed by atoms with Crippen LogP contribution >= 0.6 is 0 Å². The summed E-state index contributed by atoms with van der Waals surface area (Å²) in [5.41, 5.74) is 0.621. The van der Waals surface area contributed by atoms with Crippen LogP contribution in [0.2, 0.25) is 0 Å². The number of unbranched alkanes of at least 4 members (excludes halogenated alkanes) is 2. The lowest BCUT2D eigenvalue weighted by molar-refractivity contribution is -0.137. The smallest absolute Gasteiger partial charge is 0.407 e. The average Bonchev–Trinajstić information content (AvgIpc) is 2.52. The van der Waals surface area contributed by atoms with Gasteiger partial charge in [-0.1, -0.05) is 36.8 Å². The van der Waals surface area contributed by atoms with Gasteiger partial charge in [0.05, 0.1) is 0 Å². The zero-order valence-electron chi connectivity index (χ0n) is 16.1. The summed E-state index contributed by atoms with van der Waals surface area (Å²) in [4.78, 5) is 22.6. The Labute approximate surface area is 156 Å². The lowest BCUT2D eigenvalue weighted by atomic mass is 10.1. The zero-order chi connectivity index (χ0) is 19.4. The summed E-state index contributed by atoms with van der Waals surface area (Å²) in [6, 6.07) is 9.93. The number of carbonyl (C=O) groups is 2. The number of nitrogens with one attached hydrogen (secondary N) is 2. The van der Waals surface area contributed by atoms with Gasteiger partial charge >= 0.3 is 12.1 Å². The Morgan fingerprint density at radius 1 is 1.12 bits per heavy atom. The first-order chi connectivity index (χ1) is 12.3. The molecule has 6 nitrogen and oxygen atoms in total. The molecule has 0 aliphatic heterocycles. The molecule has 0 saturated heterocycles. The number of carboxylic acid groups (broad SMARTS) is 1. The van der Waals surface area contributed by atoms with Crippen molar-refractivity contribution in [3.63, 3.8) is 0 Å². The molecule has 1 amide bonds. The normalized spacial score (nSPS) is 12.4. The lowest BCUT2D eigenvalue weighted by Crippen LogP contribution is -2.45. The number of alkyl carbamates (subject to hydrolysis) is 1. The number of hydrogen-bond acceptors (Lipinski definition) is 4. The van der Waals surface area contributed by atoms with E-state index in [4.69, 9.17) is 9.84 Å². The van der Waals surface area contributed by atoms with E-state index in [1.54, 1.807) is 0 Å². The number of hydrogen-bond donors (Lipinski definition) is 3. The van der Waals surface area contributed by atoms with Gasteiger partial charge in [-0.25, -0.2) is 4.79 Å². The number of carbonyl (C=O) groups excluding carboxylic acids is 1. The van der Waals surface area contributed by atoms with Gasteiger partial charge < -0.3 is 20.5 Å². The molecule has 1 aromatic rings. The highest BCUT2D eigenvalue weighted by Gasteiger charge is 2.19. The van der Waals surface area contributed by atoms with Crippen LogP contribution in [-0.2, 0) is 16.0 Å². The SMILES string of the molecule is CC(C)(C)OC(=O)N[C@H](CNCCCCCC(=O)O)Cc1ccccc1. The maximum atomic E-state index is 12.1. The number of amides is 1. The molecule has 1 aromatic carbocycles. The molecule has 26 heavy (non-hydrogen) atoms. The summed E-state index contributed by atoms with van der Waals surface area (Å²) in [6.07, 6.45) is 3.01. The maximum Gasteiger partial charge on any atom is 0.407 e. The number of carboxylic acids is 1. The van der Waals surface area contributed by atoms with Gasteiger partial charge in [-0.05, 0) is 52.1 Å². The van der Waals surface area contributed by atoms with Crippen LogP contribution in [0.15, 0.2) is 30.3 Å². The predicted molar refractivity (Wildman–Crippen MR) is 102 cm³/mol. The summed E-state index contributed by atoms with van der Waals surface area (Å²) in [5, 5.41) is 14.9. The van der Waals surface area contributed by atoms with Crippen LogP contribution in [-0.4, -0.2) is 41.9 Å². The van der Waals surface area contributed by atoms with Crippen molar-refractivity contribution in [3.8, 4) is 0 Å². The van der Waals surface area contributed by atoms with Gasteiger partial charge in [0.1, 0.15) is 5.60 Å². The van der Waals surface area contributed by atoms with Crippen molar-refractivity contribution in [1.82, 2.24) is 10.6 Å². The second-order valence-electron chi connectivity index (χ2n) is 7.44. The van der Waals surface area contributed by atoms with Gasteiger partial charge in [0.25, 0.3) is 0 Å². The van der Waals surface area contributed by atoms with Crippen molar-refractivity contribution in [3.05, 3.63) is 35.9 Å². The summed E-state index contributed by atoms with van der Waals surface area (Å²) in [7, 11) is 0.